The maximum atomic E-state index is 12.6. The Bertz CT molecular complexity index is 916. The zero-order valence-electron chi connectivity index (χ0n) is 17.4. The predicted octanol–water partition coefficient (Wildman–Crippen LogP) is 3.00. The second kappa shape index (κ2) is 9.67. The van der Waals surface area contributed by atoms with Gasteiger partial charge in [0.15, 0.2) is 11.6 Å². The van der Waals surface area contributed by atoms with Gasteiger partial charge in [0.1, 0.15) is 0 Å². The molecule has 0 bridgehead atoms. The number of carbonyl (C=O) groups is 1. The molecule has 2 aromatic heterocycles. The lowest BCUT2D eigenvalue weighted by Crippen LogP contribution is -2.50. The number of amides is 1. The minimum Gasteiger partial charge on any atom is -0.459 e. The lowest BCUT2D eigenvalue weighted by molar-refractivity contribution is 0.0513. The van der Waals surface area contributed by atoms with Crippen molar-refractivity contribution < 1.29 is 9.21 Å². The molecule has 158 valence electrons. The van der Waals surface area contributed by atoms with Crippen LogP contribution in [-0.4, -0.2) is 62.1 Å². The molecule has 1 fully saturated rings. The molecule has 3 heterocycles. The fourth-order valence-electron chi connectivity index (χ4n) is 3.98. The number of nitrogens with zero attached hydrogens (tertiary/aromatic N) is 6. The van der Waals surface area contributed by atoms with E-state index in [-0.39, 0.29) is 11.9 Å². The molecular formula is C22H28N6O2. The van der Waals surface area contributed by atoms with E-state index >= 15 is 0 Å². The Hall–Kier alpha value is -3.00. The van der Waals surface area contributed by atoms with E-state index < -0.39 is 0 Å². The van der Waals surface area contributed by atoms with Crippen LogP contribution in [0.3, 0.4) is 0 Å². The van der Waals surface area contributed by atoms with Crippen LogP contribution in [-0.2, 0) is 6.54 Å². The van der Waals surface area contributed by atoms with Crippen molar-refractivity contribution in [1.82, 2.24) is 30.0 Å². The number of unbranched alkanes of at least 4 members (excludes halogenated alkanes) is 1. The molecular weight excluding hydrogens is 380 g/mol. The highest BCUT2D eigenvalue weighted by Gasteiger charge is 2.31. The van der Waals surface area contributed by atoms with Gasteiger partial charge in [0, 0.05) is 26.2 Å². The number of carbonyl (C=O) groups excluding carboxylic acids is 1. The second-order valence-corrected chi connectivity index (χ2v) is 7.64. The van der Waals surface area contributed by atoms with Crippen LogP contribution in [0, 0.1) is 0 Å². The molecule has 0 aliphatic carbocycles. The van der Waals surface area contributed by atoms with Crippen molar-refractivity contribution in [3.8, 4) is 0 Å². The van der Waals surface area contributed by atoms with E-state index in [0.29, 0.717) is 25.4 Å². The molecule has 1 amide bonds. The third-order valence-corrected chi connectivity index (χ3v) is 5.64. The van der Waals surface area contributed by atoms with Gasteiger partial charge in [-0.1, -0.05) is 50.1 Å². The van der Waals surface area contributed by atoms with Crippen molar-refractivity contribution in [2.75, 3.05) is 26.2 Å². The van der Waals surface area contributed by atoms with Crippen molar-refractivity contribution in [2.45, 2.75) is 38.8 Å². The van der Waals surface area contributed by atoms with Gasteiger partial charge in [-0.05, 0) is 34.5 Å². The largest absolute Gasteiger partial charge is 0.459 e. The summed E-state index contributed by atoms with van der Waals surface area (Å²) in [5.74, 6) is 1.26. The number of rotatable bonds is 8. The Morgan fingerprint density at radius 1 is 1.10 bits per heavy atom. The molecule has 1 aliphatic heterocycles. The summed E-state index contributed by atoms with van der Waals surface area (Å²) in [5, 5.41) is 12.6. The first kappa shape index (κ1) is 20.3. The fraction of sp³-hybridized carbons (Fsp3) is 0.455. The summed E-state index contributed by atoms with van der Waals surface area (Å²) in [6, 6.07) is 13.9. The summed E-state index contributed by atoms with van der Waals surface area (Å²) >= 11 is 0. The average molecular weight is 409 g/mol. The first-order valence-electron chi connectivity index (χ1n) is 10.6. The van der Waals surface area contributed by atoms with Gasteiger partial charge in [-0.2, -0.15) is 0 Å². The van der Waals surface area contributed by atoms with E-state index in [1.54, 1.807) is 12.1 Å². The van der Waals surface area contributed by atoms with Gasteiger partial charge >= 0.3 is 0 Å². The molecule has 0 unspecified atom stereocenters. The summed E-state index contributed by atoms with van der Waals surface area (Å²) < 4.78 is 7.19. The average Bonchev–Trinajstić information content (AvgIpc) is 3.48. The van der Waals surface area contributed by atoms with Gasteiger partial charge in [-0.3, -0.25) is 9.69 Å². The SMILES string of the molecule is CCCC[C@@H](c1nnnn1Cc1ccccc1)N1CCN(C(=O)c2ccco2)CC1. The van der Waals surface area contributed by atoms with Gasteiger partial charge < -0.3 is 9.32 Å². The maximum absolute atomic E-state index is 12.6. The van der Waals surface area contributed by atoms with E-state index in [0.717, 1.165) is 38.2 Å². The van der Waals surface area contributed by atoms with Crippen LogP contribution in [0.4, 0.5) is 0 Å². The van der Waals surface area contributed by atoms with Crippen LogP contribution < -0.4 is 0 Å². The molecule has 4 rings (SSSR count). The lowest BCUT2D eigenvalue weighted by Gasteiger charge is -2.38. The van der Waals surface area contributed by atoms with Crippen molar-refractivity contribution in [3.63, 3.8) is 0 Å². The van der Waals surface area contributed by atoms with Crippen molar-refractivity contribution in [1.29, 1.82) is 0 Å². The van der Waals surface area contributed by atoms with Crippen LogP contribution in [0.2, 0.25) is 0 Å². The molecule has 1 saturated heterocycles. The van der Waals surface area contributed by atoms with Crippen molar-refractivity contribution in [2.24, 2.45) is 0 Å². The predicted molar refractivity (Wildman–Crippen MR) is 112 cm³/mol. The van der Waals surface area contributed by atoms with Crippen LogP contribution in [0.25, 0.3) is 0 Å². The van der Waals surface area contributed by atoms with Gasteiger partial charge in [-0.25, -0.2) is 4.68 Å². The third-order valence-electron chi connectivity index (χ3n) is 5.64. The topological polar surface area (TPSA) is 80.3 Å². The Morgan fingerprint density at radius 2 is 1.90 bits per heavy atom. The number of aromatic nitrogens is 4. The van der Waals surface area contributed by atoms with Crippen LogP contribution in [0.1, 0.15) is 54.2 Å². The van der Waals surface area contributed by atoms with Gasteiger partial charge in [0.2, 0.25) is 0 Å². The second-order valence-electron chi connectivity index (χ2n) is 7.64. The molecule has 8 heteroatoms. The molecule has 0 N–H and O–H groups in total. The third kappa shape index (κ3) is 4.59. The number of furan rings is 1. The number of hydrogen-bond acceptors (Lipinski definition) is 6. The van der Waals surface area contributed by atoms with Crippen LogP contribution in [0.5, 0.6) is 0 Å². The van der Waals surface area contributed by atoms with Gasteiger partial charge in [-0.15, -0.1) is 5.10 Å². The molecule has 1 aromatic carbocycles. The summed E-state index contributed by atoms with van der Waals surface area (Å²) in [5.41, 5.74) is 1.18. The molecule has 1 atom stereocenters. The van der Waals surface area contributed by atoms with E-state index in [2.05, 4.69) is 39.5 Å². The first-order valence-corrected chi connectivity index (χ1v) is 10.6. The number of hydrogen-bond donors (Lipinski definition) is 0. The van der Waals surface area contributed by atoms with Gasteiger partial charge in [0.05, 0.1) is 18.8 Å². The molecule has 3 aromatic rings. The highest BCUT2D eigenvalue weighted by atomic mass is 16.3. The Morgan fingerprint density at radius 3 is 2.60 bits per heavy atom. The molecule has 30 heavy (non-hydrogen) atoms. The Balaban J connectivity index is 1.46. The minimum absolute atomic E-state index is 0.0429. The quantitative estimate of drug-likeness (QED) is 0.570. The van der Waals surface area contributed by atoms with E-state index in [1.165, 1.54) is 11.8 Å². The molecule has 1 aliphatic rings. The fourth-order valence-corrected chi connectivity index (χ4v) is 3.98. The Labute approximate surface area is 176 Å². The smallest absolute Gasteiger partial charge is 0.289 e. The first-order chi connectivity index (χ1) is 14.8. The van der Waals surface area contributed by atoms with Crippen LogP contribution in [0.15, 0.2) is 53.1 Å². The van der Waals surface area contributed by atoms with Gasteiger partial charge in [0.25, 0.3) is 5.91 Å². The summed E-state index contributed by atoms with van der Waals surface area (Å²) in [7, 11) is 0. The molecule has 0 saturated carbocycles. The standard InChI is InChI=1S/C22H28N6O2/c1-2-3-10-19(21-23-24-25-28(21)17-18-8-5-4-6-9-18)26-12-14-27(15-13-26)22(29)20-11-7-16-30-20/h4-9,11,16,19H,2-3,10,12-15,17H2,1H3/t19-/m0/s1. The minimum atomic E-state index is -0.0429. The monoisotopic (exact) mass is 408 g/mol. The van der Waals surface area contributed by atoms with E-state index in [9.17, 15) is 4.79 Å². The van der Waals surface area contributed by atoms with Crippen LogP contribution >= 0.6 is 0 Å². The normalized spacial score (nSPS) is 16.0. The number of tetrazole rings is 1. The maximum Gasteiger partial charge on any atom is 0.289 e. The number of piperazine rings is 1. The summed E-state index contributed by atoms with van der Waals surface area (Å²) in [4.78, 5) is 16.8. The molecule has 0 radical (unpaired) electrons. The van der Waals surface area contributed by atoms with Crippen molar-refractivity contribution in [3.05, 3.63) is 65.9 Å². The highest BCUT2D eigenvalue weighted by Crippen LogP contribution is 2.26. The highest BCUT2D eigenvalue weighted by molar-refractivity contribution is 5.91. The molecule has 8 nitrogen and oxygen atoms in total. The molecule has 0 spiro atoms. The zero-order valence-corrected chi connectivity index (χ0v) is 17.4. The zero-order chi connectivity index (χ0) is 20.8. The lowest BCUT2D eigenvalue weighted by atomic mass is 10.1. The van der Waals surface area contributed by atoms with E-state index in [4.69, 9.17) is 4.42 Å². The van der Waals surface area contributed by atoms with Crippen molar-refractivity contribution >= 4 is 5.91 Å². The summed E-state index contributed by atoms with van der Waals surface area (Å²) in [6.45, 7) is 5.77. The van der Waals surface area contributed by atoms with E-state index in [1.807, 2.05) is 27.8 Å². The summed E-state index contributed by atoms with van der Waals surface area (Å²) in [6.07, 6.45) is 4.76. The Kier molecular flexibility index (Phi) is 6.53. The number of benzene rings is 1.